The number of hydrogen-bond donors (Lipinski definition) is 0. The maximum absolute atomic E-state index is 10.4. The smallest absolute Gasteiger partial charge is 0.258 e. The van der Waals surface area contributed by atoms with Crippen LogP contribution in [0.15, 0.2) is 16.8 Å². The number of benzene rings is 1. The Morgan fingerprint density at radius 1 is 1.46 bits per heavy atom. The third-order valence-electron chi connectivity index (χ3n) is 1.54. The van der Waals surface area contributed by atoms with Gasteiger partial charge in [0.2, 0.25) is 0 Å². The predicted molar refractivity (Wildman–Crippen MR) is 43.5 cm³/mol. The first-order valence-electron chi connectivity index (χ1n) is 3.25. The van der Waals surface area contributed by atoms with Crippen molar-refractivity contribution in [3.05, 3.63) is 27.3 Å². The molecule has 0 amide bonds. The molecule has 13 heavy (non-hydrogen) atoms. The van der Waals surface area contributed by atoms with Crippen molar-refractivity contribution < 1.29 is 9.55 Å². The summed E-state index contributed by atoms with van der Waals surface area (Å²) in [5.74, 6) is 0. The molecular formula is C6H2ClN3O3. The SMILES string of the molecule is O=[N+]([O-])c1ccc2nonc2c1Cl. The molecular weight excluding hydrogens is 198 g/mol. The van der Waals surface area contributed by atoms with Gasteiger partial charge in [-0.05, 0) is 16.4 Å². The predicted octanol–water partition coefficient (Wildman–Crippen LogP) is 1.78. The summed E-state index contributed by atoms with van der Waals surface area (Å²) in [6.45, 7) is 0. The minimum Gasteiger partial charge on any atom is -0.258 e. The van der Waals surface area contributed by atoms with Gasteiger partial charge in [0.05, 0.1) is 4.92 Å². The van der Waals surface area contributed by atoms with E-state index < -0.39 is 4.92 Å². The van der Waals surface area contributed by atoms with Crippen LogP contribution in [0.3, 0.4) is 0 Å². The monoisotopic (exact) mass is 199 g/mol. The fraction of sp³-hybridized carbons (Fsp3) is 0. The number of nitrogens with zero attached hydrogens (tertiary/aromatic N) is 3. The van der Waals surface area contributed by atoms with E-state index in [0.29, 0.717) is 5.52 Å². The van der Waals surface area contributed by atoms with Gasteiger partial charge in [-0.25, -0.2) is 4.63 Å². The Bertz CT molecular complexity index is 481. The van der Waals surface area contributed by atoms with Crippen LogP contribution in [0, 0.1) is 10.1 Å². The maximum atomic E-state index is 10.4. The molecule has 0 spiro atoms. The van der Waals surface area contributed by atoms with Crippen molar-refractivity contribution in [1.29, 1.82) is 0 Å². The Hall–Kier alpha value is -1.69. The van der Waals surface area contributed by atoms with Crippen LogP contribution in [0.4, 0.5) is 5.69 Å². The highest BCUT2D eigenvalue weighted by Gasteiger charge is 2.17. The number of nitro groups is 1. The van der Waals surface area contributed by atoms with E-state index in [1.807, 2.05) is 0 Å². The van der Waals surface area contributed by atoms with E-state index in [1.54, 1.807) is 0 Å². The van der Waals surface area contributed by atoms with Gasteiger partial charge in [-0.2, -0.15) is 0 Å². The number of rotatable bonds is 1. The average Bonchev–Trinajstić information content (AvgIpc) is 2.52. The van der Waals surface area contributed by atoms with E-state index in [2.05, 4.69) is 14.9 Å². The molecule has 1 aromatic carbocycles. The normalized spacial score (nSPS) is 10.5. The van der Waals surface area contributed by atoms with Gasteiger partial charge in [0.15, 0.2) is 5.52 Å². The fourth-order valence-corrected chi connectivity index (χ4v) is 1.21. The Kier molecular flexibility index (Phi) is 1.63. The molecule has 2 aromatic rings. The summed E-state index contributed by atoms with van der Waals surface area (Å²) < 4.78 is 4.37. The largest absolute Gasteiger partial charge is 0.290 e. The third-order valence-corrected chi connectivity index (χ3v) is 1.92. The molecule has 0 N–H and O–H groups in total. The van der Waals surface area contributed by atoms with Gasteiger partial charge in [-0.3, -0.25) is 10.1 Å². The Morgan fingerprint density at radius 3 is 2.92 bits per heavy atom. The lowest BCUT2D eigenvalue weighted by Crippen LogP contribution is -1.89. The van der Waals surface area contributed by atoms with Crippen LogP contribution in [-0.2, 0) is 0 Å². The van der Waals surface area contributed by atoms with E-state index in [-0.39, 0.29) is 16.2 Å². The molecule has 0 saturated heterocycles. The summed E-state index contributed by atoms with van der Waals surface area (Å²) in [7, 11) is 0. The lowest BCUT2D eigenvalue weighted by Gasteiger charge is -1.92. The van der Waals surface area contributed by atoms with Gasteiger partial charge in [0, 0.05) is 6.07 Å². The van der Waals surface area contributed by atoms with Gasteiger partial charge >= 0.3 is 0 Å². The van der Waals surface area contributed by atoms with Crippen molar-refractivity contribution in [2.24, 2.45) is 0 Å². The highest BCUT2D eigenvalue weighted by molar-refractivity contribution is 6.36. The number of aromatic nitrogens is 2. The topological polar surface area (TPSA) is 82.1 Å². The van der Waals surface area contributed by atoms with Crippen molar-refractivity contribution in [3.8, 4) is 0 Å². The van der Waals surface area contributed by atoms with Gasteiger partial charge in [0.25, 0.3) is 5.69 Å². The van der Waals surface area contributed by atoms with Crippen LogP contribution in [-0.4, -0.2) is 15.2 Å². The Balaban J connectivity index is 2.80. The molecule has 0 aliphatic rings. The Morgan fingerprint density at radius 2 is 2.23 bits per heavy atom. The second-order valence-electron chi connectivity index (χ2n) is 2.29. The van der Waals surface area contributed by atoms with Gasteiger partial charge in [0.1, 0.15) is 10.5 Å². The lowest BCUT2D eigenvalue weighted by molar-refractivity contribution is -0.384. The minimum absolute atomic E-state index is 0.0521. The van der Waals surface area contributed by atoms with E-state index in [4.69, 9.17) is 11.6 Å². The number of fused-ring (bicyclic) bond motifs is 1. The zero-order chi connectivity index (χ0) is 9.42. The highest BCUT2D eigenvalue weighted by atomic mass is 35.5. The molecule has 0 aliphatic carbocycles. The number of nitro benzene ring substituents is 1. The number of hydrogen-bond acceptors (Lipinski definition) is 5. The van der Waals surface area contributed by atoms with E-state index in [1.165, 1.54) is 12.1 Å². The molecule has 1 heterocycles. The van der Waals surface area contributed by atoms with Crippen LogP contribution in [0.1, 0.15) is 0 Å². The van der Waals surface area contributed by atoms with Crippen LogP contribution < -0.4 is 0 Å². The molecule has 7 heteroatoms. The molecule has 6 nitrogen and oxygen atoms in total. The second-order valence-corrected chi connectivity index (χ2v) is 2.67. The first kappa shape index (κ1) is 7.93. The summed E-state index contributed by atoms with van der Waals surface area (Å²) >= 11 is 5.67. The number of halogens is 1. The molecule has 0 aliphatic heterocycles. The van der Waals surface area contributed by atoms with Crippen molar-refractivity contribution in [2.45, 2.75) is 0 Å². The standard InChI is InChI=1S/C6H2ClN3O3/c7-5-4(10(11)12)2-1-3-6(5)9-13-8-3/h1-2H. The van der Waals surface area contributed by atoms with Crippen molar-refractivity contribution in [3.63, 3.8) is 0 Å². The first-order chi connectivity index (χ1) is 6.20. The molecule has 2 rings (SSSR count). The summed E-state index contributed by atoms with van der Waals surface area (Å²) in [6, 6.07) is 2.69. The fourth-order valence-electron chi connectivity index (χ4n) is 0.950. The lowest BCUT2D eigenvalue weighted by atomic mass is 10.3. The van der Waals surface area contributed by atoms with E-state index >= 15 is 0 Å². The third kappa shape index (κ3) is 1.11. The zero-order valence-corrected chi connectivity index (χ0v) is 6.85. The molecule has 1 aromatic heterocycles. The molecule has 0 unspecified atom stereocenters. The van der Waals surface area contributed by atoms with Crippen molar-refractivity contribution in [2.75, 3.05) is 0 Å². The van der Waals surface area contributed by atoms with Gasteiger partial charge in [-0.1, -0.05) is 11.6 Å². The molecule has 0 atom stereocenters. The van der Waals surface area contributed by atoms with Crippen LogP contribution in [0.2, 0.25) is 5.02 Å². The molecule has 0 bridgehead atoms. The molecule has 0 radical (unpaired) electrons. The first-order valence-corrected chi connectivity index (χ1v) is 3.63. The van der Waals surface area contributed by atoms with E-state index in [0.717, 1.165) is 0 Å². The van der Waals surface area contributed by atoms with Crippen LogP contribution in [0.25, 0.3) is 11.0 Å². The minimum atomic E-state index is -0.587. The molecule has 66 valence electrons. The maximum Gasteiger partial charge on any atom is 0.290 e. The summed E-state index contributed by atoms with van der Waals surface area (Å²) in [5, 5.41) is 17.3. The quantitative estimate of drug-likeness (QED) is 0.516. The van der Waals surface area contributed by atoms with Crippen molar-refractivity contribution in [1.82, 2.24) is 10.3 Å². The van der Waals surface area contributed by atoms with Gasteiger partial charge < -0.3 is 0 Å². The molecule has 0 saturated carbocycles. The highest BCUT2D eigenvalue weighted by Crippen LogP contribution is 2.30. The van der Waals surface area contributed by atoms with E-state index in [9.17, 15) is 10.1 Å². The van der Waals surface area contributed by atoms with Gasteiger partial charge in [-0.15, -0.1) is 0 Å². The zero-order valence-electron chi connectivity index (χ0n) is 6.10. The summed E-state index contributed by atoms with van der Waals surface area (Å²) in [4.78, 5) is 9.84. The summed E-state index contributed by atoms with van der Waals surface area (Å²) in [5.41, 5.74) is 0.399. The van der Waals surface area contributed by atoms with Crippen LogP contribution in [0.5, 0.6) is 0 Å². The molecule has 0 fully saturated rings. The second kappa shape index (κ2) is 2.67. The summed E-state index contributed by atoms with van der Waals surface area (Å²) in [6.07, 6.45) is 0. The average molecular weight is 200 g/mol. The Labute approximate surface area is 76.2 Å². The van der Waals surface area contributed by atoms with Crippen molar-refractivity contribution >= 4 is 28.3 Å². The van der Waals surface area contributed by atoms with Crippen LogP contribution >= 0.6 is 11.6 Å².